The van der Waals surface area contributed by atoms with Crippen molar-refractivity contribution in [1.82, 2.24) is 15.0 Å². The molecule has 0 spiro atoms. The van der Waals surface area contributed by atoms with Gasteiger partial charge in [-0.2, -0.15) is 0 Å². The van der Waals surface area contributed by atoms with Crippen molar-refractivity contribution in [3.63, 3.8) is 0 Å². The smallest absolute Gasteiger partial charge is 0.148 e. The standard InChI is InChI=1S/C6H8BrN3O/c7-5-3-10(9-8-5)6(4-11)1-2-6/h3,11H,1-2,4H2. The van der Waals surface area contributed by atoms with Crippen molar-refractivity contribution in [2.45, 2.75) is 18.4 Å². The molecule has 1 aliphatic rings. The average molecular weight is 218 g/mol. The Hall–Kier alpha value is -0.420. The molecular weight excluding hydrogens is 210 g/mol. The van der Waals surface area contributed by atoms with E-state index < -0.39 is 0 Å². The topological polar surface area (TPSA) is 50.9 Å². The van der Waals surface area contributed by atoms with Crippen LogP contribution in [0.5, 0.6) is 0 Å². The highest BCUT2D eigenvalue weighted by atomic mass is 79.9. The third-order valence-corrected chi connectivity index (χ3v) is 2.44. The average Bonchev–Trinajstić information content (AvgIpc) is 2.70. The summed E-state index contributed by atoms with van der Waals surface area (Å²) in [5.74, 6) is 0. The molecule has 11 heavy (non-hydrogen) atoms. The number of rotatable bonds is 2. The number of aliphatic hydroxyl groups is 1. The second-order valence-electron chi connectivity index (χ2n) is 2.87. The van der Waals surface area contributed by atoms with E-state index in [1.807, 2.05) is 0 Å². The Morgan fingerprint density at radius 3 is 2.82 bits per heavy atom. The largest absolute Gasteiger partial charge is 0.394 e. The van der Waals surface area contributed by atoms with E-state index in [2.05, 4.69) is 26.2 Å². The summed E-state index contributed by atoms with van der Waals surface area (Å²) in [6.45, 7) is 0.156. The van der Waals surface area contributed by atoms with Crippen molar-refractivity contribution in [2.75, 3.05) is 6.61 Å². The molecule has 1 aliphatic carbocycles. The minimum absolute atomic E-state index is 0.126. The van der Waals surface area contributed by atoms with Crippen LogP contribution in [0.1, 0.15) is 12.8 Å². The SMILES string of the molecule is OCC1(n2cc(Br)nn2)CC1. The van der Waals surface area contributed by atoms with Gasteiger partial charge in [0.15, 0.2) is 0 Å². The van der Waals surface area contributed by atoms with E-state index in [-0.39, 0.29) is 12.1 Å². The lowest BCUT2D eigenvalue weighted by atomic mass is 10.3. The summed E-state index contributed by atoms with van der Waals surface area (Å²) < 4.78 is 2.45. The first-order valence-electron chi connectivity index (χ1n) is 3.46. The quantitative estimate of drug-likeness (QED) is 0.787. The van der Waals surface area contributed by atoms with E-state index in [0.717, 1.165) is 17.4 Å². The van der Waals surface area contributed by atoms with Crippen LogP contribution in [0.15, 0.2) is 10.8 Å². The highest BCUT2D eigenvalue weighted by Gasteiger charge is 2.45. The van der Waals surface area contributed by atoms with E-state index in [1.54, 1.807) is 10.9 Å². The summed E-state index contributed by atoms with van der Waals surface area (Å²) in [6.07, 6.45) is 3.79. The van der Waals surface area contributed by atoms with Crippen molar-refractivity contribution in [3.05, 3.63) is 10.8 Å². The van der Waals surface area contributed by atoms with Crippen LogP contribution < -0.4 is 0 Å². The Morgan fingerprint density at radius 2 is 2.45 bits per heavy atom. The van der Waals surface area contributed by atoms with Crippen molar-refractivity contribution < 1.29 is 5.11 Å². The third-order valence-electron chi connectivity index (χ3n) is 2.07. The van der Waals surface area contributed by atoms with Crippen LogP contribution in [-0.4, -0.2) is 26.7 Å². The fraction of sp³-hybridized carbons (Fsp3) is 0.667. The zero-order chi connectivity index (χ0) is 7.90. The molecule has 0 aliphatic heterocycles. The second-order valence-corrected chi connectivity index (χ2v) is 3.68. The molecule has 0 unspecified atom stereocenters. The van der Waals surface area contributed by atoms with Gasteiger partial charge in [-0.3, -0.25) is 0 Å². The van der Waals surface area contributed by atoms with Gasteiger partial charge in [-0.05, 0) is 28.8 Å². The van der Waals surface area contributed by atoms with Gasteiger partial charge in [-0.15, -0.1) is 5.10 Å². The van der Waals surface area contributed by atoms with Gasteiger partial charge in [-0.1, -0.05) is 5.21 Å². The normalized spacial score (nSPS) is 20.2. The zero-order valence-electron chi connectivity index (χ0n) is 5.87. The molecule has 0 bridgehead atoms. The number of hydrogen-bond acceptors (Lipinski definition) is 3. The molecule has 1 N–H and O–H groups in total. The van der Waals surface area contributed by atoms with Crippen LogP contribution in [0.25, 0.3) is 0 Å². The van der Waals surface area contributed by atoms with Crippen molar-refractivity contribution in [2.24, 2.45) is 0 Å². The Labute approximate surface area is 72.3 Å². The van der Waals surface area contributed by atoms with Crippen molar-refractivity contribution in [1.29, 1.82) is 0 Å². The van der Waals surface area contributed by atoms with E-state index >= 15 is 0 Å². The summed E-state index contributed by atoms with van der Waals surface area (Å²) in [7, 11) is 0. The summed E-state index contributed by atoms with van der Waals surface area (Å²) in [6, 6.07) is 0. The fourth-order valence-electron chi connectivity index (χ4n) is 1.08. The molecule has 0 saturated heterocycles. The minimum atomic E-state index is -0.126. The minimum Gasteiger partial charge on any atom is -0.394 e. The number of aliphatic hydroxyl groups excluding tert-OH is 1. The van der Waals surface area contributed by atoms with Gasteiger partial charge in [0.1, 0.15) is 4.60 Å². The lowest BCUT2D eigenvalue weighted by Gasteiger charge is -2.09. The fourth-order valence-corrected chi connectivity index (χ4v) is 1.34. The van der Waals surface area contributed by atoms with Gasteiger partial charge in [0.25, 0.3) is 0 Å². The van der Waals surface area contributed by atoms with Gasteiger partial charge < -0.3 is 5.11 Å². The monoisotopic (exact) mass is 217 g/mol. The van der Waals surface area contributed by atoms with Gasteiger partial charge >= 0.3 is 0 Å². The molecule has 1 heterocycles. The molecule has 0 amide bonds. The molecule has 0 atom stereocenters. The van der Waals surface area contributed by atoms with E-state index in [4.69, 9.17) is 5.11 Å². The first kappa shape index (κ1) is 7.24. The van der Waals surface area contributed by atoms with Crippen LogP contribution in [0, 0.1) is 0 Å². The first-order chi connectivity index (χ1) is 5.27. The summed E-state index contributed by atoms with van der Waals surface area (Å²) >= 11 is 3.21. The predicted octanol–water partition coefficient (Wildman–Crippen LogP) is 0.522. The first-order valence-corrected chi connectivity index (χ1v) is 4.25. The predicted molar refractivity (Wildman–Crippen MR) is 42.0 cm³/mol. The maximum Gasteiger partial charge on any atom is 0.148 e. The molecule has 1 aromatic heterocycles. The number of nitrogens with zero attached hydrogens (tertiary/aromatic N) is 3. The van der Waals surface area contributed by atoms with E-state index in [9.17, 15) is 0 Å². The summed E-state index contributed by atoms with van der Waals surface area (Å²) in [4.78, 5) is 0. The van der Waals surface area contributed by atoms with Crippen LogP contribution in [0.2, 0.25) is 0 Å². The number of aromatic nitrogens is 3. The molecule has 0 aromatic carbocycles. The third kappa shape index (κ3) is 1.08. The van der Waals surface area contributed by atoms with Crippen LogP contribution in [-0.2, 0) is 5.54 Å². The highest BCUT2D eigenvalue weighted by molar-refractivity contribution is 9.10. The second kappa shape index (κ2) is 2.28. The lowest BCUT2D eigenvalue weighted by molar-refractivity contribution is 0.200. The molecule has 4 nitrogen and oxygen atoms in total. The van der Waals surface area contributed by atoms with E-state index in [0.29, 0.717) is 0 Å². The molecule has 60 valence electrons. The Morgan fingerprint density at radius 1 is 1.73 bits per heavy atom. The maximum absolute atomic E-state index is 9.02. The van der Waals surface area contributed by atoms with Gasteiger partial charge in [0.05, 0.1) is 18.3 Å². The molecule has 2 rings (SSSR count). The van der Waals surface area contributed by atoms with Crippen molar-refractivity contribution in [3.8, 4) is 0 Å². The molecule has 0 radical (unpaired) electrons. The Kier molecular flexibility index (Phi) is 1.50. The van der Waals surface area contributed by atoms with Crippen LogP contribution in [0.4, 0.5) is 0 Å². The number of hydrogen-bond donors (Lipinski definition) is 1. The molecular formula is C6H8BrN3O. The van der Waals surface area contributed by atoms with Crippen LogP contribution >= 0.6 is 15.9 Å². The van der Waals surface area contributed by atoms with Crippen LogP contribution in [0.3, 0.4) is 0 Å². The van der Waals surface area contributed by atoms with Crippen molar-refractivity contribution >= 4 is 15.9 Å². The number of halogens is 1. The lowest BCUT2D eigenvalue weighted by Crippen LogP contribution is -2.21. The molecule has 1 saturated carbocycles. The highest BCUT2D eigenvalue weighted by Crippen LogP contribution is 2.42. The molecule has 1 aromatic rings. The maximum atomic E-state index is 9.02. The van der Waals surface area contributed by atoms with Gasteiger partial charge in [-0.25, -0.2) is 4.68 Å². The summed E-state index contributed by atoms with van der Waals surface area (Å²) in [5.41, 5.74) is -0.126. The van der Waals surface area contributed by atoms with Gasteiger partial charge in [0, 0.05) is 0 Å². The molecule has 1 fully saturated rings. The molecule has 5 heteroatoms. The van der Waals surface area contributed by atoms with E-state index in [1.165, 1.54) is 0 Å². The zero-order valence-corrected chi connectivity index (χ0v) is 7.45. The Bertz CT molecular complexity index is 269. The summed E-state index contributed by atoms with van der Waals surface area (Å²) in [5, 5.41) is 16.7. The van der Waals surface area contributed by atoms with Gasteiger partial charge in [0.2, 0.25) is 0 Å². The Balaban J connectivity index is 2.29.